The standard InChI is InChI=1S/C53H58F2N10O7/c1-30-48(31(2)72-59-30)32-9-12-42-41(27-32)57-50(43-7-4-8-46(67)63(43)36-10-11-38(54)39(55)28-36)64(42)35-17-21-60(22-18-35)29-47(68)62-25-19-34(20-26-62)61-23-15-33(16-24-61)56-40-6-3-5-37-49(40)53(71)65(52(37)70)44-13-14-45(66)58-51(44)69/h3,5-6,9-12,27-28,33-35,43-44,56H,4,7-8,13-26,29H2,1-2H3,(H,58,66,69)/t43-,44?/m0/s1. The highest BCUT2D eigenvalue weighted by Gasteiger charge is 2.46. The molecule has 0 spiro atoms. The van der Waals surface area contributed by atoms with Crippen molar-refractivity contribution in [3.8, 4) is 11.1 Å². The van der Waals surface area contributed by atoms with Crippen LogP contribution in [0.15, 0.2) is 59.1 Å². The van der Waals surface area contributed by atoms with E-state index >= 15 is 0 Å². The number of amides is 6. The molecule has 2 atom stereocenters. The highest BCUT2D eigenvalue weighted by molar-refractivity contribution is 6.25. The van der Waals surface area contributed by atoms with Crippen LogP contribution in [0.5, 0.6) is 0 Å². The number of imide groups is 2. The van der Waals surface area contributed by atoms with Gasteiger partial charge in [-0.1, -0.05) is 17.3 Å². The maximum Gasteiger partial charge on any atom is 0.264 e. The van der Waals surface area contributed by atoms with Crippen molar-refractivity contribution in [1.82, 2.24) is 39.6 Å². The molecule has 5 fully saturated rings. The van der Waals surface area contributed by atoms with Crippen LogP contribution in [-0.2, 0) is 19.2 Å². The fourth-order valence-electron chi connectivity index (χ4n) is 12.2. The van der Waals surface area contributed by atoms with E-state index in [1.54, 1.807) is 23.1 Å². The number of anilines is 2. The summed E-state index contributed by atoms with van der Waals surface area (Å²) in [5.41, 5.74) is 5.64. The predicted molar refractivity (Wildman–Crippen MR) is 261 cm³/mol. The van der Waals surface area contributed by atoms with Gasteiger partial charge in [-0.15, -0.1) is 0 Å². The normalized spacial score (nSPS) is 22.3. The summed E-state index contributed by atoms with van der Waals surface area (Å²) in [6, 6.07) is 13.8. The van der Waals surface area contributed by atoms with Crippen LogP contribution in [0.4, 0.5) is 20.2 Å². The van der Waals surface area contributed by atoms with Gasteiger partial charge in [-0.25, -0.2) is 13.8 Å². The summed E-state index contributed by atoms with van der Waals surface area (Å²) in [6.07, 6.45) is 6.62. The lowest BCUT2D eigenvalue weighted by molar-refractivity contribution is -0.136. The molecule has 2 N–H and O–H groups in total. The monoisotopic (exact) mass is 984 g/mol. The van der Waals surface area contributed by atoms with E-state index in [-0.39, 0.29) is 54.3 Å². The first-order valence-electron chi connectivity index (χ1n) is 25.4. The fourth-order valence-corrected chi connectivity index (χ4v) is 12.2. The van der Waals surface area contributed by atoms with E-state index in [1.165, 1.54) is 6.07 Å². The molecule has 6 aliphatic heterocycles. The third kappa shape index (κ3) is 8.73. The number of aromatic nitrogens is 3. The van der Waals surface area contributed by atoms with E-state index < -0.39 is 47.3 Å². The average Bonchev–Trinajstić information content (AvgIpc) is 4.01. The van der Waals surface area contributed by atoms with Crippen molar-refractivity contribution in [2.24, 2.45) is 0 Å². The van der Waals surface area contributed by atoms with E-state index in [9.17, 15) is 37.5 Å². The SMILES string of the molecule is Cc1noc(C)c1-c1ccc2c(c1)nc([C@@H]1CCCC(=O)N1c1ccc(F)c(F)c1)n2C1CCN(CC(=O)N2CCC(N3CCC(Nc4cccc5c4C(=O)N(C4CCC(=O)NC4=O)C5=O)CC3)CC2)CC1. The highest BCUT2D eigenvalue weighted by atomic mass is 19.2. The third-order valence-electron chi connectivity index (χ3n) is 15.9. The number of carbonyl (C=O) groups excluding carboxylic acids is 6. The Hall–Kier alpha value is -6.86. The number of imidazole rings is 1. The molecule has 3 aromatic carbocycles. The highest BCUT2D eigenvalue weighted by Crippen LogP contribution is 2.42. The van der Waals surface area contributed by atoms with E-state index in [4.69, 9.17) is 9.51 Å². The van der Waals surface area contributed by atoms with Crippen molar-refractivity contribution in [1.29, 1.82) is 0 Å². The molecular formula is C53H58F2N10O7. The molecule has 72 heavy (non-hydrogen) atoms. The maximum absolute atomic E-state index is 14.7. The smallest absolute Gasteiger partial charge is 0.264 e. The number of nitrogens with one attached hydrogen (secondary N) is 2. The van der Waals surface area contributed by atoms with Gasteiger partial charge in [0, 0.05) is 93.2 Å². The van der Waals surface area contributed by atoms with E-state index in [1.807, 2.05) is 30.9 Å². The summed E-state index contributed by atoms with van der Waals surface area (Å²) in [6.45, 7) is 8.56. The summed E-state index contributed by atoms with van der Waals surface area (Å²) in [5.74, 6) is -2.74. The second-order valence-corrected chi connectivity index (χ2v) is 20.3. The summed E-state index contributed by atoms with van der Waals surface area (Å²) in [5, 5.41) is 9.94. The minimum absolute atomic E-state index is 0.00993. The number of fused-ring (bicyclic) bond motifs is 2. The zero-order valence-electron chi connectivity index (χ0n) is 40.5. The number of hydrogen-bond acceptors (Lipinski definition) is 12. The molecule has 6 amide bonds. The van der Waals surface area contributed by atoms with Gasteiger partial charge in [0.05, 0.1) is 40.4 Å². The van der Waals surface area contributed by atoms with Gasteiger partial charge in [0.25, 0.3) is 11.8 Å². The van der Waals surface area contributed by atoms with Gasteiger partial charge < -0.3 is 29.1 Å². The van der Waals surface area contributed by atoms with Crippen LogP contribution in [0.1, 0.15) is 121 Å². The Labute approximate surface area is 414 Å². The second kappa shape index (κ2) is 19.3. The van der Waals surface area contributed by atoms with E-state index in [2.05, 4.69) is 36.2 Å². The molecule has 17 nitrogen and oxygen atoms in total. The Balaban J connectivity index is 0.707. The van der Waals surface area contributed by atoms with Crippen LogP contribution >= 0.6 is 0 Å². The lowest BCUT2D eigenvalue weighted by Gasteiger charge is -2.42. The number of aryl methyl sites for hydroxylation is 2. The third-order valence-corrected chi connectivity index (χ3v) is 15.9. The number of carbonyl (C=O) groups is 6. The number of piperidine rings is 5. The van der Waals surface area contributed by atoms with Crippen molar-refractivity contribution >= 4 is 57.9 Å². The van der Waals surface area contributed by atoms with Crippen LogP contribution in [0.3, 0.4) is 0 Å². The molecule has 19 heteroatoms. The van der Waals surface area contributed by atoms with E-state index in [0.29, 0.717) is 74.6 Å². The minimum Gasteiger partial charge on any atom is -0.382 e. The number of rotatable bonds is 10. The molecule has 2 aromatic heterocycles. The van der Waals surface area contributed by atoms with Gasteiger partial charge in [-0.3, -0.25) is 43.9 Å². The fraction of sp³-hybridized carbons (Fsp3) is 0.472. The van der Waals surface area contributed by atoms with Crippen molar-refractivity contribution in [2.75, 3.05) is 56.0 Å². The summed E-state index contributed by atoms with van der Waals surface area (Å²) in [7, 11) is 0. The lowest BCUT2D eigenvalue weighted by atomic mass is 9.97. The molecule has 0 saturated carbocycles. The van der Waals surface area contributed by atoms with Crippen molar-refractivity contribution in [3.63, 3.8) is 0 Å². The first-order valence-corrected chi connectivity index (χ1v) is 25.4. The Morgan fingerprint density at radius 2 is 1.53 bits per heavy atom. The number of nitrogens with zero attached hydrogens (tertiary/aromatic N) is 8. The van der Waals surface area contributed by atoms with Crippen LogP contribution in [0.2, 0.25) is 0 Å². The minimum atomic E-state index is -1.02. The quantitative estimate of drug-likeness (QED) is 0.146. The number of halogens is 2. The van der Waals surface area contributed by atoms with Gasteiger partial charge in [0.1, 0.15) is 17.6 Å². The zero-order chi connectivity index (χ0) is 49.9. The lowest BCUT2D eigenvalue weighted by Crippen LogP contribution is -2.54. The number of hydrogen-bond donors (Lipinski definition) is 2. The second-order valence-electron chi connectivity index (χ2n) is 20.3. The van der Waals surface area contributed by atoms with Crippen LogP contribution in [0.25, 0.3) is 22.2 Å². The largest absolute Gasteiger partial charge is 0.382 e. The first-order chi connectivity index (χ1) is 34.8. The molecule has 8 heterocycles. The number of benzene rings is 3. The summed E-state index contributed by atoms with van der Waals surface area (Å²) < 4.78 is 36.6. The molecule has 376 valence electrons. The van der Waals surface area contributed by atoms with Crippen LogP contribution < -0.4 is 15.5 Å². The first kappa shape index (κ1) is 47.5. The summed E-state index contributed by atoms with van der Waals surface area (Å²) in [4.78, 5) is 93.5. The number of likely N-dealkylation sites (tertiary alicyclic amines) is 3. The molecule has 0 radical (unpaired) electrons. The van der Waals surface area contributed by atoms with Gasteiger partial charge >= 0.3 is 0 Å². The Morgan fingerprint density at radius 1 is 0.764 bits per heavy atom. The molecule has 6 aliphatic rings. The maximum atomic E-state index is 14.7. The molecule has 5 aromatic rings. The molecule has 0 aliphatic carbocycles. The van der Waals surface area contributed by atoms with Crippen LogP contribution in [-0.4, -0.2) is 134 Å². The molecule has 11 rings (SSSR count). The summed E-state index contributed by atoms with van der Waals surface area (Å²) >= 11 is 0. The molecule has 1 unspecified atom stereocenters. The Bertz CT molecular complexity index is 2980. The van der Waals surface area contributed by atoms with Gasteiger partial charge in [0.15, 0.2) is 11.6 Å². The van der Waals surface area contributed by atoms with Crippen LogP contribution in [0, 0.1) is 25.5 Å². The van der Waals surface area contributed by atoms with Gasteiger partial charge in [-0.2, -0.15) is 0 Å². The average molecular weight is 985 g/mol. The Kier molecular flexibility index (Phi) is 12.7. The van der Waals surface area contributed by atoms with E-state index in [0.717, 1.165) is 96.5 Å². The molecular weight excluding hydrogens is 927 g/mol. The van der Waals surface area contributed by atoms with Crippen molar-refractivity contribution < 1.29 is 42.1 Å². The zero-order valence-corrected chi connectivity index (χ0v) is 40.5. The molecule has 0 bridgehead atoms. The predicted octanol–water partition coefficient (Wildman–Crippen LogP) is 6.45. The van der Waals surface area contributed by atoms with Gasteiger partial charge in [-0.05, 0) is 114 Å². The Morgan fingerprint density at radius 3 is 2.25 bits per heavy atom. The van der Waals surface area contributed by atoms with Gasteiger partial charge in [0.2, 0.25) is 23.6 Å². The van der Waals surface area contributed by atoms with Crippen molar-refractivity contribution in [2.45, 2.75) is 115 Å². The topological polar surface area (TPSA) is 187 Å². The van der Waals surface area contributed by atoms with Crippen molar-refractivity contribution in [3.05, 3.63) is 94.6 Å². The molecule has 5 saturated heterocycles.